The number of ketones is 2. The quantitative estimate of drug-likeness (QED) is 0.670. The van der Waals surface area contributed by atoms with Crippen LogP contribution in [0.25, 0.3) is 0 Å². The van der Waals surface area contributed by atoms with Gasteiger partial charge in [-0.25, -0.2) is 0 Å². The van der Waals surface area contributed by atoms with Crippen LogP contribution in [0.2, 0.25) is 0 Å². The first-order valence-corrected chi connectivity index (χ1v) is 9.00. The van der Waals surface area contributed by atoms with Crippen LogP contribution >= 0.6 is 0 Å². The molecule has 0 spiro atoms. The summed E-state index contributed by atoms with van der Waals surface area (Å²) in [7, 11) is 0. The van der Waals surface area contributed by atoms with Gasteiger partial charge in [-0.3, -0.25) is 9.59 Å². The topological polar surface area (TPSA) is 34.1 Å². The summed E-state index contributed by atoms with van der Waals surface area (Å²) >= 11 is 0. The number of carbonyl (C=O) groups is 2. The molecule has 0 saturated heterocycles. The highest BCUT2D eigenvalue weighted by atomic mass is 16.1. The number of fused-ring (bicyclic) bond motifs is 5. The molecule has 116 valence electrons. The molecule has 4 aliphatic rings. The van der Waals surface area contributed by atoms with Gasteiger partial charge in [0.05, 0.1) is 0 Å². The number of hydrogen-bond acceptors (Lipinski definition) is 2. The van der Waals surface area contributed by atoms with Gasteiger partial charge in [0.25, 0.3) is 0 Å². The minimum Gasteiger partial charge on any atom is -0.300 e. The molecule has 0 unspecified atom stereocenters. The van der Waals surface area contributed by atoms with E-state index in [0.717, 1.165) is 50.4 Å². The predicted molar refractivity (Wildman–Crippen MR) is 81.7 cm³/mol. The maximum Gasteiger partial charge on any atom is 0.139 e. The van der Waals surface area contributed by atoms with E-state index >= 15 is 0 Å². The molecule has 0 radical (unpaired) electrons. The van der Waals surface area contributed by atoms with Gasteiger partial charge in [-0.15, -0.1) is 0 Å². The van der Waals surface area contributed by atoms with Crippen molar-refractivity contribution in [3.05, 3.63) is 0 Å². The Morgan fingerprint density at radius 2 is 1.71 bits per heavy atom. The lowest BCUT2D eigenvalue weighted by atomic mass is 9.45. The molecule has 21 heavy (non-hydrogen) atoms. The molecule has 4 saturated carbocycles. The van der Waals surface area contributed by atoms with E-state index in [1.54, 1.807) is 0 Å². The molecule has 6 atom stereocenters. The molecule has 4 fully saturated rings. The summed E-state index contributed by atoms with van der Waals surface area (Å²) in [5.41, 5.74) is 0.374. The summed E-state index contributed by atoms with van der Waals surface area (Å²) in [5, 5.41) is 0. The second kappa shape index (κ2) is 4.43. The SMILES string of the molecule is C[C@]12CCC(=O)C[C@@H]1CC[C@H]1[C@H]3CCC(=O)[C@]3(C)CC[C@@H]12. The van der Waals surface area contributed by atoms with Gasteiger partial charge in [0.2, 0.25) is 0 Å². The summed E-state index contributed by atoms with van der Waals surface area (Å²) in [6.45, 7) is 4.72. The third-order valence-electron chi connectivity index (χ3n) is 8.19. The van der Waals surface area contributed by atoms with Crippen molar-refractivity contribution in [2.45, 2.75) is 71.6 Å². The zero-order chi connectivity index (χ0) is 14.8. The lowest BCUT2D eigenvalue weighted by molar-refractivity contribution is -0.144. The number of hydrogen-bond donors (Lipinski definition) is 0. The molecule has 0 heterocycles. The van der Waals surface area contributed by atoms with E-state index in [0.29, 0.717) is 28.8 Å². The lowest BCUT2D eigenvalue weighted by Gasteiger charge is -2.59. The fraction of sp³-hybridized carbons (Fsp3) is 0.895. The first kappa shape index (κ1) is 14.0. The van der Waals surface area contributed by atoms with Crippen LogP contribution in [0.3, 0.4) is 0 Å². The number of carbonyl (C=O) groups excluding carboxylic acids is 2. The monoisotopic (exact) mass is 288 g/mol. The third kappa shape index (κ3) is 1.77. The zero-order valence-electron chi connectivity index (χ0n) is 13.5. The Morgan fingerprint density at radius 3 is 2.52 bits per heavy atom. The van der Waals surface area contributed by atoms with E-state index in [-0.39, 0.29) is 5.41 Å². The van der Waals surface area contributed by atoms with Crippen LogP contribution in [0.1, 0.15) is 71.6 Å². The van der Waals surface area contributed by atoms with Crippen LogP contribution in [0.4, 0.5) is 0 Å². The molecule has 4 aliphatic carbocycles. The highest BCUT2D eigenvalue weighted by molar-refractivity contribution is 5.87. The molecular formula is C19H28O2. The minimum absolute atomic E-state index is 0.00511. The molecular weight excluding hydrogens is 260 g/mol. The van der Waals surface area contributed by atoms with Crippen molar-refractivity contribution in [1.29, 1.82) is 0 Å². The summed E-state index contributed by atoms with van der Waals surface area (Å²) in [6.07, 6.45) is 9.53. The molecule has 0 aromatic carbocycles. The highest BCUT2D eigenvalue weighted by Crippen LogP contribution is 2.65. The fourth-order valence-corrected chi connectivity index (χ4v) is 6.82. The number of Topliss-reactive ketones (excluding diaryl/α,β-unsaturated/α-hetero) is 2. The Bertz CT molecular complexity index is 496. The van der Waals surface area contributed by atoms with Crippen LogP contribution in [0.5, 0.6) is 0 Å². The average molecular weight is 288 g/mol. The van der Waals surface area contributed by atoms with Gasteiger partial charge >= 0.3 is 0 Å². The molecule has 2 nitrogen and oxygen atoms in total. The molecule has 0 N–H and O–H groups in total. The van der Waals surface area contributed by atoms with Gasteiger partial charge in [0, 0.05) is 24.7 Å². The van der Waals surface area contributed by atoms with Crippen molar-refractivity contribution in [3.8, 4) is 0 Å². The first-order valence-electron chi connectivity index (χ1n) is 9.00. The number of rotatable bonds is 0. The van der Waals surface area contributed by atoms with Crippen molar-refractivity contribution in [3.63, 3.8) is 0 Å². The van der Waals surface area contributed by atoms with Crippen molar-refractivity contribution in [2.24, 2.45) is 34.5 Å². The van der Waals surface area contributed by atoms with Crippen molar-refractivity contribution in [2.75, 3.05) is 0 Å². The molecule has 2 heteroatoms. The Labute approximate surface area is 128 Å². The van der Waals surface area contributed by atoms with Gasteiger partial charge in [-0.2, -0.15) is 0 Å². The van der Waals surface area contributed by atoms with E-state index in [2.05, 4.69) is 13.8 Å². The van der Waals surface area contributed by atoms with Gasteiger partial charge in [-0.05, 0) is 67.6 Å². The maximum absolute atomic E-state index is 12.4. The Hall–Kier alpha value is -0.660. The summed E-state index contributed by atoms with van der Waals surface area (Å²) < 4.78 is 0. The second-order valence-electron chi connectivity index (χ2n) is 8.82. The second-order valence-corrected chi connectivity index (χ2v) is 8.82. The molecule has 0 bridgehead atoms. The fourth-order valence-electron chi connectivity index (χ4n) is 6.82. The zero-order valence-corrected chi connectivity index (χ0v) is 13.5. The van der Waals surface area contributed by atoms with Crippen molar-refractivity contribution in [1.82, 2.24) is 0 Å². The predicted octanol–water partition coefficient (Wildman–Crippen LogP) is 4.17. The van der Waals surface area contributed by atoms with Crippen LogP contribution in [0.15, 0.2) is 0 Å². The van der Waals surface area contributed by atoms with Crippen LogP contribution in [-0.2, 0) is 9.59 Å². The summed E-state index contributed by atoms with van der Waals surface area (Å²) in [6, 6.07) is 0. The summed E-state index contributed by atoms with van der Waals surface area (Å²) in [4.78, 5) is 24.2. The third-order valence-corrected chi connectivity index (χ3v) is 8.19. The Morgan fingerprint density at radius 1 is 0.905 bits per heavy atom. The van der Waals surface area contributed by atoms with Crippen molar-refractivity contribution >= 4 is 11.6 Å². The van der Waals surface area contributed by atoms with Crippen LogP contribution < -0.4 is 0 Å². The lowest BCUT2D eigenvalue weighted by Crippen LogP contribution is -2.53. The molecule has 0 aromatic heterocycles. The molecule has 0 aliphatic heterocycles. The minimum atomic E-state index is -0.00511. The summed E-state index contributed by atoms with van der Waals surface area (Å²) in [5.74, 6) is 3.82. The van der Waals surface area contributed by atoms with Crippen LogP contribution in [-0.4, -0.2) is 11.6 Å². The highest BCUT2D eigenvalue weighted by Gasteiger charge is 2.60. The maximum atomic E-state index is 12.4. The van der Waals surface area contributed by atoms with Gasteiger partial charge in [0.15, 0.2) is 0 Å². The van der Waals surface area contributed by atoms with E-state index in [1.807, 2.05) is 0 Å². The van der Waals surface area contributed by atoms with E-state index in [1.165, 1.54) is 19.3 Å². The Balaban J connectivity index is 1.65. The normalized spacial score (nSPS) is 53.0. The first-order chi connectivity index (χ1) is 9.95. The van der Waals surface area contributed by atoms with Gasteiger partial charge in [0.1, 0.15) is 11.6 Å². The van der Waals surface area contributed by atoms with E-state index in [4.69, 9.17) is 0 Å². The van der Waals surface area contributed by atoms with E-state index in [9.17, 15) is 9.59 Å². The van der Waals surface area contributed by atoms with E-state index < -0.39 is 0 Å². The van der Waals surface area contributed by atoms with Crippen molar-refractivity contribution < 1.29 is 9.59 Å². The largest absolute Gasteiger partial charge is 0.300 e. The van der Waals surface area contributed by atoms with Gasteiger partial charge in [-0.1, -0.05) is 13.8 Å². The van der Waals surface area contributed by atoms with Gasteiger partial charge < -0.3 is 0 Å². The van der Waals surface area contributed by atoms with Crippen LogP contribution in [0, 0.1) is 34.5 Å². The smallest absolute Gasteiger partial charge is 0.139 e. The molecule has 0 amide bonds. The average Bonchev–Trinajstić information content (AvgIpc) is 2.76. The molecule has 4 rings (SSSR count). The Kier molecular flexibility index (Phi) is 2.94. The standard InChI is InChI=1S/C19H28O2/c1-18-9-7-13(20)11-12(18)3-4-14-15-5-6-17(21)19(15,2)10-8-16(14)18/h12,14-16H,3-11H2,1-2H3/t12-,14-,15+,16-,18-,19+/m0/s1. The molecule has 0 aromatic rings.